The second-order valence-corrected chi connectivity index (χ2v) is 7.73. The maximum Gasteiger partial charge on any atom is 0.254 e. The normalized spacial score (nSPS) is 27.7. The van der Waals surface area contributed by atoms with E-state index in [0.717, 1.165) is 64.4 Å². The van der Waals surface area contributed by atoms with Gasteiger partial charge in [0.2, 0.25) is 0 Å². The molecule has 3 fully saturated rings. The fraction of sp³-hybridized carbons (Fsp3) is 0.650. The maximum absolute atomic E-state index is 13.8. The lowest BCUT2D eigenvalue weighted by Crippen LogP contribution is -2.41. The third-order valence-corrected chi connectivity index (χ3v) is 6.20. The summed E-state index contributed by atoms with van der Waals surface area (Å²) in [4.78, 5) is 17.4. The number of benzene rings is 1. The molecule has 0 spiro atoms. The van der Waals surface area contributed by atoms with Crippen LogP contribution in [0.15, 0.2) is 18.2 Å². The van der Waals surface area contributed by atoms with Crippen molar-refractivity contribution in [1.82, 2.24) is 9.80 Å². The first-order valence-electron chi connectivity index (χ1n) is 9.52. The first-order valence-corrected chi connectivity index (χ1v) is 9.52. The van der Waals surface area contributed by atoms with E-state index in [1.807, 2.05) is 4.90 Å². The molecule has 0 bridgehead atoms. The van der Waals surface area contributed by atoms with Crippen molar-refractivity contribution in [3.63, 3.8) is 0 Å². The van der Waals surface area contributed by atoms with Crippen molar-refractivity contribution in [3.05, 3.63) is 35.1 Å². The van der Waals surface area contributed by atoms with Crippen LogP contribution in [0.5, 0.6) is 0 Å². The third-order valence-electron chi connectivity index (χ3n) is 6.20. The van der Waals surface area contributed by atoms with Crippen molar-refractivity contribution in [2.75, 3.05) is 32.8 Å². The summed E-state index contributed by atoms with van der Waals surface area (Å²) in [5.74, 6) is 0.414. The van der Waals surface area contributed by atoms with Gasteiger partial charge in [0.15, 0.2) is 0 Å². The summed E-state index contributed by atoms with van der Waals surface area (Å²) in [6, 6.07) is 5.60. The Kier molecular flexibility index (Phi) is 4.78. The molecule has 136 valence electrons. The van der Waals surface area contributed by atoms with E-state index in [1.165, 1.54) is 6.07 Å². The van der Waals surface area contributed by atoms with Crippen LogP contribution < -0.4 is 0 Å². The summed E-state index contributed by atoms with van der Waals surface area (Å²) < 4.78 is 19.3. The van der Waals surface area contributed by atoms with Crippen LogP contribution in [0.2, 0.25) is 0 Å². The molecule has 1 amide bonds. The Balaban J connectivity index is 1.42. The highest BCUT2D eigenvalue weighted by Gasteiger charge is 2.44. The fourth-order valence-electron chi connectivity index (χ4n) is 4.71. The van der Waals surface area contributed by atoms with Crippen LogP contribution in [0.1, 0.15) is 41.6 Å². The Morgan fingerprint density at radius 3 is 2.68 bits per heavy atom. The van der Waals surface area contributed by atoms with Gasteiger partial charge in [0.1, 0.15) is 5.82 Å². The summed E-state index contributed by atoms with van der Waals surface area (Å²) >= 11 is 0. The molecule has 0 unspecified atom stereocenters. The fourth-order valence-corrected chi connectivity index (χ4v) is 4.71. The molecule has 3 saturated heterocycles. The Bertz CT molecular complexity index is 645. The SMILES string of the molecule is Cc1ccc(C(=O)N2CC[C@@H]3[C@@H]2CCN3CC2CCOCC2)cc1F. The number of ether oxygens (including phenoxy) is 1. The molecule has 0 radical (unpaired) electrons. The number of fused-ring (bicyclic) bond motifs is 1. The first-order chi connectivity index (χ1) is 12.1. The first kappa shape index (κ1) is 17.0. The van der Waals surface area contributed by atoms with Crippen molar-refractivity contribution in [2.45, 2.75) is 44.7 Å². The number of carbonyl (C=O) groups excluding carboxylic acids is 1. The standard InChI is InChI=1S/C20H27FN2O2/c1-14-2-3-16(12-17(14)21)20(24)23-9-5-18-19(23)4-8-22(18)13-15-6-10-25-11-7-15/h2-3,12,15,18-19H,4-11,13H2,1H3/t18-,19+/m1/s1. The van der Waals surface area contributed by atoms with E-state index in [9.17, 15) is 9.18 Å². The molecule has 5 heteroatoms. The molecule has 25 heavy (non-hydrogen) atoms. The zero-order valence-electron chi connectivity index (χ0n) is 14.9. The lowest BCUT2D eigenvalue weighted by atomic mass is 9.99. The predicted octanol–water partition coefficient (Wildman–Crippen LogP) is 2.85. The van der Waals surface area contributed by atoms with Crippen molar-refractivity contribution in [2.24, 2.45) is 5.92 Å². The van der Waals surface area contributed by atoms with Crippen LogP contribution in [0.3, 0.4) is 0 Å². The molecular weight excluding hydrogens is 319 g/mol. The lowest BCUT2D eigenvalue weighted by molar-refractivity contribution is 0.0502. The van der Waals surface area contributed by atoms with Gasteiger partial charge in [-0.05, 0) is 56.2 Å². The molecular formula is C20H27FN2O2. The van der Waals surface area contributed by atoms with Crippen molar-refractivity contribution in [1.29, 1.82) is 0 Å². The number of halogens is 1. The van der Waals surface area contributed by atoms with Gasteiger partial charge in [-0.3, -0.25) is 9.69 Å². The van der Waals surface area contributed by atoms with E-state index in [0.29, 0.717) is 17.2 Å². The molecule has 0 aliphatic carbocycles. The average Bonchev–Trinajstić information content (AvgIpc) is 3.21. The second-order valence-electron chi connectivity index (χ2n) is 7.73. The summed E-state index contributed by atoms with van der Waals surface area (Å²) in [7, 11) is 0. The number of carbonyl (C=O) groups is 1. The van der Waals surface area contributed by atoms with Crippen molar-refractivity contribution >= 4 is 5.91 Å². The highest BCUT2D eigenvalue weighted by molar-refractivity contribution is 5.94. The average molecular weight is 346 g/mol. The Labute approximate surface area is 148 Å². The van der Waals surface area contributed by atoms with Crippen molar-refractivity contribution < 1.29 is 13.9 Å². The molecule has 2 atom stereocenters. The van der Waals surface area contributed by atoms with E-state index in [4.69, 9.17) is 4.74 Å². The van der Waals surface area contributed by atoms with Crippen LogP contribution in [0.25, 0.3) is 0 Å². The molecule has 4 rings (SSSR count). The van der Waals surface area contributed by atoms with Gasteiger partial charge in [-0.1, -0.05) is 6.07 Å². The monoisotopic (exact) mass is 346 g/mol. The van der Waals surface area contributed by atoms with E-state index >= 15 is 0 Å². The molecule has 1 aromatic carbocycles. The maximum atomic E-state index is 13.8. The molecule has 0 N–H and O–H groups in total. The van der Waals surface area contributed by atoms with Gasteiger partial charge in [0.25, 0.3) is 5.91 Å². The number of hydrogen-bond acceptors (Lipinski definition) is 3. The molecule has 0 saturated carbocycles. The van der Waals surface area contributed by atoms with Crippen LogP contribution >= 0.6 is 0 Å². The minimum atomic E-state index is -0.297. The second kappa shape index (κ2) is 7.04. The Hall–Kier alpha value is -1.46. The number of aryl methyl sites for hydroxylation is 1. The summed E-state index contributed by atoms with van der Waals surface area (Å²) in [5, 5.41) is 0. The highest BCUT2D eigenvalue weighted by Crippen LogP contribution is 2.34. The van der Waals surface area contributed by atoms with Crippen LogP contribution in [-0.2, 0) is 4.74 Å². The van der Waals surface area contributed by atoms with Gasteiger partial charge >= 0.3 is 0 Å². The predicted molar refractivity (Wildman–Crippen MR) is 94.1 cm³/mol. The quantitative estimate of drug-likeness (QED) is 0.844. The van der Waals surface area contributed by atoms with E-state index < -0.39 is 0 Å². The number of hydrogen-bond donors (Lipinski definition) is 0. The van der Waals surface area contributed by atoms with Gasteiger partial charge < -0.3 is 9.64 Å². The van der Waals surface area contributed by atoms with Crippen LogP contribution in [0.4, 0.5) is 4.39 Å². The van der Waals surface area contributed by atoms with Crippen molar-refractivity contribution in [3.8, 4) is 0 Å². The summed E-state index contributed by atoms with van der Waals surface area (Å²) in [6.45, 7) is 6.48. The summed E-state index contributed by atoms with van der Waals surface area (Å²) in [6.07, 6.45) is 4.38. The van der Waals surface area contributed by atoms with Gasteiger partial charge in [-0.25, -0.2) is 4.39 Å². The molecule has 4 nitrogen and oxygen atoms in total. The van der Waals surface area contributed by atoms with Gasteiger partial charge in [-0.2, -0.15) is 0 Å². The highest BCUT2D eigenvalue weighted by atomic mass is 19.1. The largest absolute Gasteiger partial charge is 0.381 e. The van der Waals surface area contributed by atoms with Crippen LogP contribution in [-0.4, -0.2) is 60.6 Å². The number of rotatable bonds is 3. The number of likely N-dealkylation sites (tertiary alicyclic amines) is 2. The van der Waals surface area contributed by atoms with E-state index in [-0.39, 0.29) is 17.8 Å². The minimum absolute atomic E-state index is 0.0145. The zero-order chi connectivity index (χ0) is 17.4. The number of nitrogens with zero attached hydrogens (tertiary/aromatic N) is 2. The molecule has 1 aromatic rings. The Morgan fingerprint density at radius 1 is 1.16 bits per heavy atom. The van der Waals surface area contributed by atoms with Gasteiger partial charge in [-0.15, -0.1) is 0 Å². The van der Waals surface area contributed by atoms with Crippen LogP contribution in [0, 0.1) is 18.7 Å². The topological polar surface area (TPSA) is 32.8 Å². The zero-order valence-corrected chi connectivity index (χ0v) is 14.9. The molecule has 0 aromatic heterocycles. The van der Waals surface area contributed by atoms with E-state index in [1.54, 1.807) is 19.1 Å². The summed E-state index contributed by atoms with van der Waals surface area (Å²) in [5.41, 5.74) is 1.06. The Morgan fingerprint density at radius 2 is 1.92 bits per heavy atom. The molecule has 3 aliphatic rings. The molecule has 3 heterocycles. The third kappa shape index (κ3) is 3.32. The van der Waals surface area contributed by atoms with E-state index in [2.05, 4.69) is 4.90 Å². The molecule has 3 aliphatic heterocycles. The van der Waals surface area contributed by atoms with Gasteiger partial charge in [0, 0.05) is 50.5 Å². The lowest BCUT2D eigenvalue weighted by Gasteiger charge is -2.30. The van der Waals surface area contributed by atoms with Gasteiger partial charge in [0.05, 0.1) is 0 Å². The minimum Gasteiger partial charge on any atom is -0.381 e. The smallest absolute Gasteiger partial charge is 0.254 e. The number of amides is 1.